The van der Waals surface area contributed by atoms with Gasteiger partial charge in [-0.3, -0.25) is 4.79 Å². The zero-order valence-electron chi connectivity index (χ0n) is 15.6. The fourth-order valence-corrected chi connectivity index (χ4v) is 5.03. The van der Waals surface area contributed by atoms with Gasteiger partial charge in [0.2, 0.25) is 10.0 Å². The number of hydrogen-bond donors (Lipinski definition) is 1. The number of halogens is 2. The summed E-state index contributed by atoms with van der Waals surface area (Å²) in [4.78, 5) is 12.9. The summed E-state index contributed by atoms with van der Waals surface area (Å²) in [5, 5.41) is 2.66. The van der Waals surface area contributed by atoms with E-state index in [0.29, 0.717) is 41.1 Å². The number of ether oxygens (including phenoxy) is 1. The number of morpholine rings is 1. The van der Waals surface area contributed by atoms with E-state index in [1.54, 1.807) is 19.1 Å². The highest BCUT2D eigenvalue weighted by atomic mass is 32.2. The number of carbonyl (C=O) groups is 1. The van der Waals surface area contributed by atoms with Gasteiger partial charge < -0.3 is 10.1 Å². The SMILES string of the molecule is Cc1ccc(NC(=O)c2ccc(SC(F)F)cc2)cc1S(=O)(=O)N1CCOCC1. The Labute approximate surface area is 172 Å². The number of thioether (sulfide) groups is 1. The van der Waals surface area contributed by atoms with E-state index in [1.165, 1.54) is 34.6 Å². The second-order valence-corrected chi connectivity index (χ2v) is 9.32. The molecule has 1 aliphatic rings. The van der Waals surface area contributed by atoms with E-state index < -0.39 is 21.7 Å². The molecule has 1 heterocycles. The smallest absolute Gasteiger partial charge is 0.288 e. The molecule has 2 aromatic carbocycles. The number of anilines is 1. The Morgan fingerprint density at radius 1 is 1.14 bits per heavy atom. The Morgan fingerprint density at radius 3 is 2.41 bits per heavy atom. The molecule has 1 saturated heterocycles. The van der Waals surface area contributed by atoms with Crippen LogP contribution in [0.25, 0.3) is 0 Å². The van der Waals surface area contributed by atoms with Crippen LogP contribution >= 0.6 is 11.8 Å². The average molecular weight is 443 g/mol. The molecule has 0 spiro atoms. The monoisotopic (exact) mass is 442 g/mol. The van der Waals surface area contributed by atoms with Crippen LogP contribution in [0.1, 0.15) is 15.9 Å². The van der Waals surface area contributed by atoms with Crippen molar-refractivity contribution in [2.75, 3.05) is 31.6 Å². The molecule has 1 fully saturated rings. The second kappa shape index (κ2) is 9.21. The molecule has 0 bridgehead atoms. The summed E-state index contributed by atoms with van der Waals surface area (Å²) in [5.74, 6) is -2.99. The van der Waals surface area contributed by atoms with Gasteiger partial charge in [-0.15, -0.1) is 0 Å². The van der Waals surface area contributed by atoms with Crippen molar-refractivity contribution in [1.82, 2.24) is 4.31 Å². The minimum Gasteiger partial charge on any atom is -0.379 e. The number of amides is 1. The number of sulfonamides is 1. The third-order valence-corrected chi connectivity index (χ3v) is 7.14. The summed E-state index contributed by atoms with van der Waals surface area (Å²) in [6.07, 6.45) is 0. The lowest BCUT2D eigenvalue weighted by Crippen LogP contribution is -2.40. The highest BCUT2D eigenvalue weighted by Gasteiger charge is 2.28. The molecule has 2 aromatic rings. The zero-order chi connectivity index (χ0) is 21.0. The molecule has 0 aromatic heterocycles. The molecule has 10 heteroatoms. The number of carbonyl (C=O) groups excluding carboxylic acids is 1. The van der Waals surface area contributed by atoms with Crippen LogP contribution in [0.15, 0.2) is 52.3 Å². The maximum Gasteiger partial charge on any atom is 0.288 e. The van der Waals surface area contributed by atoms with Gasteiger partial charge in [-0.25, -0.2) is 8.42 Å². The van der Waals surface area contributed by atoms with Gasteiger partial charge in [0.05, 0.1) is 18.1 Å². The molecule has 1 aliphatic heterocycles. The number of benzene rings is 2. The van der Waals surface area contributed by atoms with Gasteiger partial charge in [0.1, 0.15) is 0 Å². The van der Waals surface area contributed by atoms with Crippen molar-refractivity contribution in [3.05, 3.63) is 53.6 Å². The summed E-state index contributed by atoms with van der Waals surface area (Å²) in [6.45, 7) is 2.93. The summed E-state index contributed by atoms with van der Waals surface area (Å²) in [5.41, 5.74) is 1.18. The molecule has 0 atom stereocenters. The van der Waals surface area contributed by atoms with Crippen molar-refractivity contribution in [2.45, 2.75) is 22.5 Å². The topological polar surface area (TPSA) is 75.7 Å². The minimum absolute atomic E-state index is 0.126. The molecule has 29 heavy (non-hydrogen) atoms. The number of aryl methyl sites for hydroxylation is 1. The van der Waals surface area contributed by atoms with Crippen LogP contribution in [0.3, 0.4) is 0 Å². The second-order valence-electron chi connectivity index (χ2n) is 6.35. The maximum absolute atomic E-state index is 12.9. The van der Waals surface area contributed by atoms with Gasteiger partial charge in [-0.2, -0.15) is 13.1 Å². The molecule has 156 valence electrons. The summed E-state index contributed by atoms with van der Waals surface area (Å²) >= 11 is 0.397. The Morgan fingerprint density at radius 2 is 1.79 bits per heavy atom. The van der Waals surface area contributed by atoms with Crippen LogP contribution in [0.2, 0.25) is 0 Å². The van der Waals surface area contributed by atoms with Crippen molar-refractivity contribution < 1.29 is 26.7 Å². The molecule has 1 amide bonds. The Balaban J connectivity index is 1.78. The quantitative estimate of drug-likeness (QED) is 0.692. The minimum atomic E-state index is -3.70. The lowest BCUT2D eigenvalue weighted by Gasteiger charge is -2.26. The summed E-state index contributed by atoms with van der Waals surface area (Å²) < 4.78 is 57.2. The van der Waals surface area contributed by atoms with Crippen LogP contribution in [-0.2, 0) is 14.8 Å². The number of hydrogen-bond acceptors (Lipinski definition) is 5. The van der Waals surface area contributed by atoms with E-state index in [0.717, 1.165) is 0 Å². The summed E-state index contributed by atoms with van der Waals surface area (Å²) in [7, 11) is -3.70. The van der Waals surface area contributed by atoms with Gasteiger partial charge in [-0.05, 0) is 48.9 Å². The molecule has 6 nitrogen and oxygen atoms in total. The lowest BCUT2D eigenvalue weighted by atomic mass is 10.2. The zero-order valence-corrected chi connectivity index (χ0v) is 17.2. The van der Waals surface area contributed by atoms with Crippen molar-refractivity contribution >= 4 is 33.4 Å². The normalized spacial score (nSPS) is 15.4. The maximum atomic E-state index is 12.9. The Bertz CT molecular complexity index is 976. The van der Waals surface area contributed by atoms with Gasteiger partial charge in [-0.1, -0.05) is 17.8 Å². The van der Waals surface area contributed by atoms with E-state index in [4.69, 9.17) is 4.74 Å². The van der Waals surface area contributed by atoms with E-state index >= 15 is 0 Å². The molecule has 0 aliphatic carbocycles. The molecular formula is C19H20F2N2O4S2. The third-order valence-electron chi connectivity index (χ3n) is 4.38. The Hall–Kier alpha value is -2.01. The van der Waals surface area contributed by atoms with Gasteiger partial charge >= 0.3 is 0 Å². The number of alkyl halides is 2. The van der Waals surface area contributed by atoms with E-state index in [9.17, 15) is 22.0 Å². The van der Waals surface area contributed by atoms with Gasteiger partial charge in [0.15, 0.2) is 0 Å². The largest absolute Gasteiger partial charge is 0.379 e. The molecule has 3 rings (SSSR count). The first-order chi connectivity index (χ1) is 13.8. The summed E-state index contributed by atoms with van der Waals surface area (Å²) in [6, 6.07) is 10.4. The van der Waals surface area contributed by atoms with Crippen molar-refractivity contribution in [2.24, 2.45) is 0 Å². The first-order valence-electron chi connectivity index (χ1n) is 8.82. The van der Waals surface area contributed by atoms with Crippen molar-refractivity contribution in [1.29, 1.82) is 0 Å². The Kier molecular flexibility index (Phi) is 6.89. The van der Waals surface area contributed by atoms with Crippen LogP contribution in [0.5, 0.6) is 0 Å². The van der Waals surface area contributed by atoms with E-state index in [1.807, 2.05) is 0 Å². The van der Waals surface area contributed by atoms with Crippen LogP contribution in [-0.4, -0.2) is 50.7 Å². The number of nitrogens with zero attached hydrogens (tertiary/aromatic N) is 1. The highest BCUT2D eigenvalue weighted by Crippen LogP contribution is 2.26. The predicted molar refractivity (Wildman–Crippen MR) is 107 cm³/mol. The van der Waals surface area contributed by atoms with Crippen LogP contribution < -0.4 is 5.32 Å². The number of nitrogens with one attached hydrogen (secondary N) is 1. The highest BCUT2D eigenvalue weighted by molar-refractivity contribution is 7.99. The molecule has 1 N–H and O–H groups in total. The van der Waals surface area contributed by atoms with E-state index in [2.05, 4.69) is 5.32 Å². The molecular weight excluding hydrogens is 422 g/mol. The third kappa shape index (κ3) is 5.33. The average Bonchev–Trinajstić information content (AvgIpc) is 2.70. The first kappa shape index (κ1) is 21.7. The van der Waals surface area contributed by atoms with Crippen LogP contribution in [0.4, 0.5) is 14.5 Å². The van der Waals surface area contributed by atoms with Gasteiger partial charge in [0.25, 0.3) is 11.7 Å². The van der Waals surface area contributed by atoms with Crippen molar-refractivity contribution in [3.8, 4) is 0 Å². The van der Waals surface area contributed by atoms with E-state index in [-0.39, 0.29) is 23.5 Å². The fourth-order valence-electron chi connectivity index (χ4n) is 2.87. The van der Waals surface area contributed by atoms with Crippen molar-refractivity contribution in [3.63, 3.8) is 0 Å². The van der Waals surface area contributed by atoms with Crippen LogP contribution in [0, 0.1) is 6.92 Å². The van der Waals surface area contributed by atoms with Gasteiger partial charge in [0, 0.05) is 29.2 Å². The molecule has 0 saturated carbocycles. The molecule has 0 unspecified atom stereocenters. The first-order valence-corrected chi connectivity index (χ1v) is 11.1. The number of rotatable bonds is 6. The lowest BCUT2D eigenvalue weighted by molar-refractivity contribution is 0.0730. The standard InChI is InChI=1S/C19H20F2N2O4S2/c1-13-2-5-15(12-17(13)29(25,26)23-8-10-27-11-9-23)22-18(24)14-3-6-16(7-4-14)28-19(20)21/h2-7,12,19H,8-11H2,1H3,(H,22,24). The fraction of sp³-hybridized carbons (Fsp3) is 0.316. The predicted octanol–water partition coefficient (Wildman–Crippen LogP) is 3.58. The molecule has 0 radical (unpaired) electrons.